The first-order chi connectivity index (χ1) is 5.15. The molecule has 3 nitrogen and oxygen atoms in total. The smallest absolute Gasteiger partial charge is 0.165 e. The number of hydrogen-bond donors (Lipinski definition) is 1. The van der Waals surface area contributed by atoms with E-state index in [1.807, 2.05) is 0 Å². The molecule has 0 spiro atoms. The average molecular weight is 156 g/mol. The van der Waals surface area contributed by atoms with Crippen molar-refractivity contribution in [2.75, 3.05) is 13.2 Å². The third-order valence-electron chi connectivity index (χ3n) is 2.21. The highest BCUT2D eigenvalue weighted by molar-refractivity contribution is 5.95. The van der Waals surface area contributed by atoms with Crippen molar-refractivity contribution in [1.82, 2.24) is 0 Å². The maximum absolute atomic E-state index is 11.2. The lowest BCUT2D eigenvalue weighted by molar-refractivity contribution is -0.193. The van der Waals surface area contributed by atoms with Crippen LogP contribution in [0.15, 0.2) is 12.7 Å². The predicted molar refractivity (Wildman–Crippen MR) is 40.1 cm³/mol. The molecular weight excluding hydrogens is 144 g/mol. The predicted octanol–water partition coefficient (Wildman–Crippen LogP) is 0.139. The molecule has 0 amide bonds. The van der Waals surface area contributed by atoms with Crippen LogP contribution in [0.1, 0.15) is 6.92 Å². The molecule has 1 aliphatic heterocycles. The quantitative estimate of drug-likeness (QED) is 0.591. The van der Waals surface area contributed by atoms with E-state index in [1.54, 1.807) is 6.92 Å². The van der Waals surface area contributed by atoms with E-state index in [4.69, 9.17) is 9.84 Å². The van der Waals surface area contributed by atoms with Crippen molar-refractivity contribution in [3.8, 4) is 0 Å². The second-order valence-electron chi connectivity index (χ2n) is 2.97. The maximum atomic E-state index is 11.2. The van der Waals surface area contributed by atoms with Crippen LogP contribution < -0.4 is 0 Å². The first kappa shape index (κ1) is 8.43. The molecule has 0 saturated carbocycles. The van der Waals surface area contributed by atoms with Gasteiger partial charge in [-0.1, -0.05) is 6.58 Å². The lowest BCUT2D eigenvalue weighted by Gasteiger charge is -2.43. The zero-order valence-corrected chi connectivity index (χ0v) is 6.54. The van der Waals surface area contributed by atoms with Gasteiger partial charge in [0, 0.05) is 0 Å². The molecule has 1 fully saturated rings. The molecule has 1 N–H and O–H groups in total. The normalized spacial score (nSPS) is 36.0. The van der Waals surface area contributed by atoms with Gasteiger partial charge in [-0.2, -0.15) is 0 Å². The second kappa shape index (κ2) is 2.75. The van der Waals surface area contributed by atoms with Gasteiger partial charge in [0.2, 0.25) is 0 Å². The molecule has 0 bridgehead atoms. The number of allylic oxidation sites excluding steroid dienone is 1. The van der Waals surface area contributed by atoms with E-state index >= 15 is 0 Å². The minimum atomic E-state index is -0.531. The molecule has 0 aliphatic carbocycles. The highest BCUT2D eigenvalue weighted by atomic mass is 16.5. The summed E-state index contributed by atoms with van der Waals surface area (Å²) in [6.07, 6.45) is 0.943. The monoisotopic (exact) mass is 156 g/mol. The Labute approximate surface area is 65.7 Å². The summed E-state index contributed by atoms with van der Waals surface area (Å²) in [6.45, 7) is 5.46. The van der Waals surface area contributed by atoms with Gasteiger partial charge in [-0.3, -0.25) is 4.79 Å². The molecule has 11 heavy (non-hydrogen) atoms. The summed E-state index contributed by atoms with van der Waals surface area (Å²) in [5, 5.41) is 8.75. The molecule has 1 aliphatic rings. The Balaban J connectivity index is 2.67. The van der Waals surface area contributed by atoms with Crippen LogP contribution in [-0.4, -0.2) is 30.2 Å². The number of aliphatic hydroxyl groups excluding tert-OH is 1. The number of hydrogen-bond acceptors (Lipinski definition) is 3. The molecule has 0 aromatic rings. The van der Waals surface area contributed by atoms with E-state index in [1.165, 1.54) is 6.08 Å². The molecule has 2 atom stereocenters. The SMILES string of the molecule is C=CC(=O)C1(C)COC1CO. The van der Waals surface area contributed by atoms with E-state index in [9.17, 15) is 4.79 Å². The van der Waals surface area contributed by atoms with Crippen molar-refractivity contribution in [3.63, 3.8) is 0 Å². The van der Waals surface area contributed by atoms with Gasteiger partial charge in [0.1, 0.15) is 0 Å². The van der Waals surface area contributed by atoms with Crippen LogP contribution in [0, 0.1) is 5.41 Å². The van der Waals surface area contributed by atoms with Crippen LogP contribution in [0.3, 0.4) is 0 Å². The Morgan fingerprint density at radius 1 is 2.00 bits per heavy atom. The Hall–Kier alpha value is -0.670. The van der Waals surface area contributed by atoms with Crippen molar-refractivity contribution in [2.24, 2.45) is 5.41 Å². The fourth-order valence-electron chi connectivity index (χ4n) is 1.17. The lowest BCUT2D eigenvalue weighted by Crippen LogP contribution is -2.56. The summed E-state index contributed by atoms with van der Waals surface area (Å²) in [5.41, 5.74) is -0.531. The molecule has 1 rings (SSSR count). The number of aliphatic hydroxyl groups is 1. The Morgan fingerprint density at radius 2 is 2.64 bits per heavy atom. The summed E-state index contributed by atoms with van der Waals surface area (Å²) in [6, 6.07) is 0. The standard InChI is InChI=1S/C8H12O3/c1-3-6(10)8(2)5-11-7(8)4-9/h3,7,9H,1,4-5H2,2H3. The number of carbonyl (C=O) groups is 1. The van der Waals surface area contributed by atoms with Gasteiger partial charge in [0.05, 0.1) is 24.7 Å². The van der Waals surface area contributed by atoms with Gasteiger partial charge >= 0.3 is 0 Å². The number of rotatable bonds is 3. The summed E-state index contributed by atoms with van der Waals surface area (Å²) in [5.74, 6) is -0.0530. The Kier molecular flexibility index (Phi) is 2.11. The topological polar surface area (TPSA) is 46.5 Å². The summed E-state index contributed by atoms with van der Waals surface area (Å²) in [7, 11) is 0. The van der Waals surface area contributed by atoms with Crippen LogP contribution in [0.5, 0.6) is 0 Å². The largest absolute Gasteiger partial charge is 0.394 e. The van der Waals surface area contributed by atoms with Crippen LogP contribution >= 0.6 is 0 Å². The zero-order valence-electron chi connectivity index (χ0n) is 6.54. The van der Waals surface area contributed by atoms with E-state index in [0.29, 0.717) is 6.61 Å². The molecule has 2 unspecified atom stereocenters. The number of ether oxygens (including phenoxy) is 1. The van der Waals surface area contributed by atoms with Gasteiger partial charge in [-0.05, 0) is 13.0 Å². The van der Waals surface area contributed by atoms with Crippen molar-refractivity contribution in [1.29, 1.82) is 0 Å². The molecule has 0 radical (unpaired) electrons. The first-order valence-corrected chi connectivity index (χ1v) is 3.54. The number of carbonyl (C=O) groups excluding carboxylic acids is 1. The first-order valence-electron chi connectivity index (χ1n) is 3.54. The summed E-state index contributed by atoms with van der Waals surface area (Å²) >= 11 is 0. The van der Waals surface area contributed by atoms with Crippen LogP contribution in [0.25, 0.3) is 0 Å². The highest BCUT2D eigenvalue weighted by Gasteiger charge is 2.48. The summed E-state index contributed by atoms with van der Waals surface area (Å²) < 4.78 is 5.00. The van der Waals surface area contributed by atoms with E-state index in [0.717, 1.165) is 0 Å². The van der Waals surface area contributed by atoms with Crippen LogP contribution in [-0.2, 0) is 9.53 Å². The average Bonchev–Trinajstić information content (AvgIpc) is 2.00. The van der Waals surface area contributed by atoms with E-state index in [2.05, 4.69) is 6.58 Å². The van der Waals surface area contributed by atoms with Crippen molar-refractivity contribution in [2.45, 2.75) is 13.0 Å². The molecule has 3 heteroatoms. The Morgan fingerprint density at radius 3 is 2.91 bits per heavy atom. The zero-order chi connectivity index (χ0) is 8.48. The van der Waals surface area contributed by atoms with Gasteiger partial charge in [0.15, 0.2) is 5.78 Å². The van der Waals surface area contributed by atoms with Crippen LogP contribution in [0.4, 0.5) is 0 Å². The van der Waals surface area contributed by atoms with E-state index < -0.39 is 5.41 Å². The van der Waals surface area contributed by atoms with Gasteiger partial charge in [0.25, 0.3) is 0 Å². The van der Waals surface area contributed by atoms with Crippen molar-refractivity contribution < 1.29 is 14.6 Å². The van der Waals surface area contributed by atoms with Crippen molar-refractivity contribution >= 4 is 5.78 Å². The van der Waals surface area contributed by atoms with Crippen LogP contribution in [0.2, 0.25) is 0 Å². The van der Waals surface area contributed by atoms with Gasteiger partial charge in [-0.15, -0.1) is 0 Å². The molecular formula is C8H12O3. The van der Waals surface area contributed by atoms with Gasteiger partial charge < -0.3 is 9.84 Å². The third kappa shape index (κ3) is 1.10. The highest BCUT2D eigenvalue weighted by Crippen LogP contribution is 2.35. The number of ketones is 1. The fraction of sp³-hybridized carbons (Fsp3) is 0.625. The molecule has 1 saturated heterocycles. The minimum absolute atomic E-state index is 0.0530. The molecule has 0 aromatic carbocycles. The molecule has 62 valence electrons. The van der Waals surface area contributed by atoms with Gasteiger partial charge in [-0.25, -0.2) is 0 Å². The fourth-order valence-corrected chi connectivity index (χ4v) is 1.17. The third-order valence-corrected chi connectivity index (χ3v) is 2.21. The molecule has 0 aromatic heterocycles. The maximum Gasteiger partial charge on any atom is 0.165 e. The van der Waals surface area contributed by atoms with Crippen molar-refractivity contribution in [3.05, 3.63) is 12.7 Å². The second-order valence-corrected chi connectivity index (χ2v) is 2.97. The Bertz CT molecular complexity index is 186. The lowest BCUT2D eigenvalue weighted by atomic mass is 9.76. The summed E-state index contributed by atoms with van der Waals surface area (Å²) in [4.78, 5) is 11.2. The molecule has 1 heterocycles. The van der Waals surface area contributed by atoms with E-state index in [-0.39, 0.29) is 18.5 Å². The minimum Gasteiger partial charge on any atom is -0.394 e.